The monoisotopic (exact) mass is 561 g/mol. The van der Waals surface area contributed by atoms with E-state index in [1.807, 2.05) is 11.8 Å². The fourth-order valence-electron chi connectivity index (χ4n) is 4.47. The lowest BCUT2D eigenvalue weighted by molar-refractivity contribution is -0.138. The molecule has 2 aromatic rings. The molecule has 0 saturated carbocycles. The minimum Gasteiger partial charge on any atom is -0.495 e. The van der Waals surface area contributed by atoms with Gasteiger partial charge in [0.05, 0.1) is 41.5 Å². The Kier molecular flexibility index (Phi) is 9.26. The van der Waals surface area contributed by atoms with Gasteiger partial charge in [0.25, 0.3) is 5.91 Å². The van der Waals surface area contributed by atoms with Crippen LogP contribution in [0.15, 0.2) is 41.3 Å². The molecule has 38 heavy (non-hydrogen) atoms. The van der Waals surface area contributed by atoms with Crippen molar-refractivity contribution in [3.05, 3.63) is 53.3 Å². The van der Waals surface area contributed by atoms with Gasteiger partial charge in [0.15, 0.2) is 0 Å². The van der Waals surface area contributed by atoms with Crippen molar-refractivity contribution in [3.8, 4) is 5.75 Å². The van der Waals surface area contributed by atoms with Gasteiger partial charge in [-0.1, -0.05) is 6.92 Å². The van der Waals surface area contributed by atoms with Gasteiger partial charge in [-0.25, -0.2) is 17.1 Å². The van der Waals surface area contributed by atoms with Crippen LogP contribution in [0.25, 0.3) is 0 Å². The highest BCUT2D eigenvalue weighted by molar-refractivity contribution is 7.89. The normalized spacial score (nSPS) is 16.7. The molecule has 0 spiro atoms. The number of sulfonamides is 1. The van der Waals surface area contributed by atoms with E-state index in [4.69, 9.17) is 9.47 Å². The Morgan fingerprint density at radius 1 is 1.13 bits per heavy atom. The van der Waals surface area contributed by atoms with Gasteiger partial charge in [-0.05, 0) is 42.8 Å². The van der Waals surface area contributed by atoms with Gasteiger partial charge in [-0.2, -0.15) is 13.2 Å². The van der Waals surface area contributed by atoms with Crippen LogP contribution in [0.1, 0.15) is 29.3 Å². The second-order valence-corrected chi connectivity index (χ2v) is 10.9. The Bertz CT molecular complexity index is 1260. The molecule has 2 aromatic carbocycles. The summed E-state index contributed by atoms with van der Waals surface area (Å²) in [6.07, 6.45) is -4.28. The molecule has 1 saturated heterocycles. The number of anilines is 1. The van der Waals surface area contributed by atoms with Crippen molar-refractivity contribution in [1.29, 1.82) is 0 Å². The van der Waals surface area contributed by atoms with E-state index in [0.29, 0.717) is 30.5 Å². The highest BCUT2D eigenvalue weighted by Crippen LogP contribution is 2.36. The molecule has 0 aliphatic carbocycles. The lowest BCUT2D eigenvalue weighted by atomic mass is 10.0. The van der Waals surface area contributed by atoms with E-state index < -0.39 is 45.1 Å². The Morgan fingerprint density at radius 2 is 1.84 bits per heavy atom. The van der Waals surface area contributed by atoms with Crippen molar-refractivity contribution in [2.24, 2.45) is 0 Å². The third-order valence-corrected chi connectivity index (χ3v) is 8.21. The maximum atomic E-state index is 13.6. The topological polar surface area (TPSA) is 79.4 Å². The van der Waals surface area contributed by atoms with Crippen molar-refractivity contribution >= 4 is 21.6 Å². The molecule has 0 radical (unpaired) electrons. The molecule has 1 aliphatic heterocycles. The van der Waals surface area contributed by atoms with Gasteiger partial charge in [-0.15, -0.1) is 0 Å². The van der Waals surface area contributed by atoms with E-state index in [1.54, 1.807) is 0 Å². The molecule has 1 amide bonds. The first-order chi connectivity index (χ1) is 17.8. The Morgan fingerprint density at radius 3 is 2.45 bits per heavy atom. The van der Waals surface area contributed by atoms with E-state index in [2.05, 4.69) is 0 Å². The second kappa shape index (κ2) is 11.9. The summed E-state index contributed by atoms with van der Waals surface area (Å²) in [7, 11) is 0.592. The lowest BCUT2D eigenvalue weighted by Crippen LogP contribution is -2.56. The van der Waals surface area contributed by atoms with Gasteiger partial charge >= 0.3 is 6.18 Å². The quantitative estimate of drug-likeness (QED) is 0.433. The maximum Gasteiger partial charge on any atom is 0.417 e. The molecule has 13 heteroatoms. The minimum absolute atomic E-state index is 0.0167. The van der Waals surface area contributed by atoms with Crippen molar-refractivity contribution < 1.29 is 40.2 Å². The Hall–Kier alpha value is -2.90. The summed E-state index contributed by atoms with van der Waals surface area (Å²) in [5, 5.41) is 0. The fraction of sp³-hybridized carbons (Fsp3) is 0.480. The zero-order valence-corrected chi connectivity index (χ0v) is 22.4. The number of hydrogen-bond acceptors (Lipinski definition) is 6. The lowest BCUT2D eigenvalue weighted by Gasteiger charge is -2.43. The number of nitrogens with zero attached hydrogens (tertiary/aromatic N) is 3. The van der Waals surface area contributed by atoms with Crippen LogP contribution in [0.3, 0.4) is 0 Å². The molecule has 1 atom stereocenters. The highest BCUT2D eigenvalue weighted by atomic mass is 32.2. The molecular weight excluding hydrogens is 530 g/mol. The summed E-state index contributed by atoms with van der Waals surface area (Å²) in [6, 6.07) is 5.90. The molecule has 0 N–H and O–H groups in total. The fourth-order valence-corrected chi connectivity index (χ4v) is 5.75. The van der Waals surface area contributed by atoms with Crippen molar-refractivity contribution in [2.45, 2.75) is 30.5 Å². The molecule has 3 rings (SSSR count). The van der Waals surface area contributed by atoms with Gasteiger partial charge in [-0.3, -0.25) is 4.79 Å². The molecule has 0 bridgehead atoms. The van der Waals surface area contributed by atoms with Crippen LogP contribution in [0.4, 0.5) is 23.2 Å². The van der Waals surface area contributed by atoms with E-state index in [1.165, 1.54) is 48.7 Å². The van der Waals surface area contributed by atoms with E-state index in [-0.39, 0.29) is 31.1 Å². The van der Waals surface area contributed by atoms with Crippen LogP contribution in [0, 0.1) is 5.82 Å². The third kappa shape index (κ3) is 6.21. The predicted molar refractivity (Wildman–Crippen MR) is 133 cm³/mol. The smallest absolute Gasteiger partial charge is 0.417 e. The number of halogens is 4. The third-order valence-electron chi connectivity index (χ3n) is 6.35. The molecule has 0 aromatic heterocycles. The number of methoxy groups -OCH3 is 2. The Balaban J connectivity index is 1.96. The Labute approximate surface area is 219 Å². The molecule has 1 aliphatic rings. The first-order valence-electron chi connectivity index (χ1n) is 11.9. The average molecular weight is 562 g/mol. The molecule has 1 fully saturated rings. The number of hydrogen-bond donors (Lipinski definition) is 0. The second-order valence-electron chi connectivity index (χ2n) is 8.90. The first-order valence-corrected chi connectivity index (χ1v) is 13.3. The molecule has 0 unspecified atom stereocenters. The number of carbonyl (C=O) groups excluding carboxylic acids is 1. The summed E-state index contributed by atoms with van der Waals surface area (Å²) >= 11 is 0. The highest BCUT2D eigenvalue weighted by Gasteiger charge is 2.39. The van der Waals surface area contributed by atoms with Gasteiger partial charge in [0, 0.05) is 40.3 Å². The standard InChI is InChI=1S/C25H31F4N3O5S/c1-5-10-30(2)38(34,35)19-7-9-23(37-4)22(14-19)32-12-11-31(15-18(32)16-36-3)24(33)20-8-6-17(26)13-21(20)25(27,28)29/h6-9,13-14,18H,5,10-12,15-16H2,1-4H3/t18-/m1/s1. The SMILES string of the molecule is CCCN(C)S(=O)(=O)c1ccc(OC)c(N2CCN(C(=O)c3ccc(F)cc3C(F)(F)F)C[C@@H]2COC)c1. The van der Waals surface area contributed by atoms with Crippen LogP contribution in [0.5, 0.6) is 5.75 Å². The van der Waals surface area contributed by atoms with E-state index in [0.717, 1.165) is 12.1 Å². The predicted octanol–water partition coefficient (Wildman–Crippen LogP) is 3.86. The van der Waals surface area contributed by atoms with E-state index >= 15 is 0 Å². The number of piperazine rings is 1. The summed E-state index contributed by atoms with van der Waals surface area (Å²) in [5.74, 6) is -1.59. The number of rotatable bonds is 9. The zero-order valence-electron chi connectivity index (χ0n) is 21.6. The zero-order chi connectivity index (χ0) is 28.3. The molecule has 210 valence electrons. The van der Waals surface area contributed by atoms with Crippen LogP contribution in [-0.4, -0.2) is 83.6 Å². The average Bonchev–Trinajstić information content (AvgIpc) is 2.87. The van der Waals surface area contributed by atoms with Crippen LogP contribution < -0.4 is 9.64 Å². The summed E-state index contributed by atoms with van der Waals surface area (Å²) in [5.41, 5.74) is -1.54. The number of ether oxygens (including phenoxy) is 2. The van der Waals surface area contributed by atoms with Gasteiger partial charge in [0.1, 0.15) is 11.6 Å². The largest absolute Gasteiger partial charge is 0.495 e. The van der Waals surface area contributed by atoms with Crippen LogP contribution >= 0.6 is 0 Å². The molecule has 1 heterocycles. The molecular formula is C25H31F4N3O5S. The van der Waals surface area contributed by atoms with Crippen LogP contribution in [-0.2, 0) is 20.9 Å². The maximum absolute atomic E-state index is 13.6. The number of amides is 1. The summed E-state index contributed by atoms with van der Waals surface area (Å²) in [6.45, 7) is 2.47. The van der Waals surface area contributed by atoms with Gasteiger partial charge < -0.3 is 19.3 Å². The number of benzene rings is 2. The molecule has 8 nitrogen and oxygen atoms in total. The van der Waals surface area contributed by atoms with Crippen molar-refractivity contribution in [3.63, 3.8) is 0 Å². The summed E-state index contributed by atoms with van der Waals surface area (Å²) < 4.78 is 92.3. The first kappa shape index (κ1) is 29.7. The van der Waals surface area contributed by atoms with Crippen molar-refractivity contribution in [2.75, 3.05) is 59.0 Å². The van der Waals surface area contributed by atoms with E-state index in [9.17, 15) is 30.8 Å². The van der Waals surface area contributed by atoms with Crippen molar-refractivity contribution in [1.82, 2.24) is 9.21 Å². The number of alkyl halides is 3. The van der Waals surface area contributed by atoms with Gasteiger partial charge in [0.2, 0.25) is 10.0 Å². The minimum atomic E-state index is -4.91. The summed E-state index contributed by atoms with van der Waals surface area (Å²) in [4.78, 5) is 16.3. The number of carbonyl (C=O) groups is 1. The van der Waals surface area contributed by atoms with Crippen LogP contribution in [0.2, 0.25) is 0 Å².